The number of hydrogen-bond donors (Lipinski definition) is 4. The Balaban J connectivity index is 2.30. The lowest BCUT2D eigenvalue weighted by atomic mass is 10.1. The molecule has 10 nitrogen and oxygen atoms in total. The number of amides is 2. The molecule has 1 unspecified atom stereocenters. The average Bonchev–Trinajstić information content (AvgIpc) is 2.87. The molecule has 0 spiro atoms. The minimum Gasteiger partial charge on any atom is -0.481 e. The fraction of sp³-hybridized carbons (Fsp3) is 0.500. The summed E-state index contributed by atoms with van der Waals surface area (Å²) in [5.41, 5.74) is 0. The minimum atomic E-state index is -1.28. The third kappa shape index (κ3) is 5.80. The number of carboxylic acid groups (broad SMARTS) is 2. The van der Waals surface area contributed by atoms with Gasteiger partial charge in [-0.05, 0) is 6.42 Å². The van der Waals surface area contributed by atoms with Gasteiger partial charge in [-0.1, -0.05) is 5.21 Å². The van der Waals surface area contributed by atoms with Crippen LogP contribution in [0.3, 0.4) is 0 Å². The van der Waals surface area contributed by atoms with Gasteiger partial charge in [0.2, 0.25) is 0 Å². The lowest BCUT2D eigenvalue weighted by Gasteiger charge is -2.14. The third-order valence-corrected chi connectivity index (χ3v) is 2.35. The Morgan fingerprint density at radius 2 is 2.05 bits per heavy atom. The lowest BCUT2D eigenvalue weighted by molar-refractivity contribution is -0.140. The Morgan fingerprint density at radius 3 is 2.60 bits per heavy atom. The van der Waals surface area contributed by atoms with E-state index in [1.807, 2.05) is 0 Å². The van der Waals surface area contributed by atoms with Gasteiger partial charge in [-0.2, -0.15) is 0 Å². The molecule has 2 amide bonds. The molecule has 10 heteroatoms. The Hall–Kier alpha value is -2.65. The van der Waals surface area contributed by atoms with Crippen molar-refractivity contribution in [3.05, 3.63) is 12.4 Å². The predicted molar refractivity (Wildman–Crippen MR) is 64.9 cm³/mol. The first-order valence-electron chi connectivity index (χ1n) is 5.82. The molecule has 0 aliphatic heterocycles. The van der Waals surface area contributed by atoms with Crippen LogP contribution in [0, 0.1) is 0 Å². The van der Waals surface area contributed by atoms with Crippen LogP contribution in [0.4, 0.5) is 4.79 Å². The van der Waals surface area contributed by atoms with Gasteiger partial charge >= 0.3 is 18.0 Å². The number of aliphatic carboxylic acids is 2. The summed E-state index contributed by atoms with van der Waals surface area (Å²) < 4.78 is 1.50. The normalized spacial score (nSPS) is 11.6. The standard InChI is InChI=1S/C10H15N5O5/c16-8(17)2-1-7(9(18)19)13-10(20)11-3-5-15-6-4-12-14-15/h4,6-7H,1-3,5H2,(H,16,17)(H,18,19)(H2,11,13,20). The molecule has 110 valence electrons. The van der Waals surface area contributed by atoms with E-state index in [-0.39, 0.29) is 19.4 Å². The third-order valence-electron chi connectivity index (χ3n) is 2.35. The second kappa shape index (κ2) is 7.71. The van der Waals surface area contributed by atoms with E-state index in [1.54, 1.807) is 6.20 Å². The molecule has 20 heavy (non-hydrogen) atoms. The molecule has 0 saturated carbocycles. The molecule has 0 bridgehead atoms. The van der Waals surface area contributed by atoms with Gasteiger partial charge in [-0.25, -0.2) is 9.59 Å². The highest BCUT2D eigenvalue weighted by molar-refractivity contribution is 5.82. The van der Waals surface area contributed by atoms with Gasteiger partial charge in [0, 0.05) is 19.2 Å². The van der Waals surface area contributed by atoms with E-state index < -0.39 is 24.0 Å². The van der Waals surface area contributed by atoms with Gasteiger partial charge < -0.3 is 20.8 Å². The summed E-state index contributed by atoms with van der Waals surface area (Å²) in [6, 6.07) is -1.92. The van der Waals surface area contributed by atoms with E-state index in [0.29, 0.717) is 6.54 Å². The first kappa shape index (κ1) is 15.4. The van der Waals surface area contributed by atoms with Crippen molar-refractivity contribution in [1.29, 1.82) is 0 Å². The second-order valence-corrected chi connectivity index (χ2v) is 3.89. The number of nitrogens with zero attached hydrogens (tertiary/aromatic N) is 3. The first-order valence-corrected chi connectivity index (χ1v) is 5.82. The van der Waals surface area contributed by atoms with Crippen molar-refractivity contribution in [2.45, 2.75) is 25.4 Å². The zero-order chi connectivity index (χ0) is 15.0. The van der Waals surface area contributed by atoms with Gasteiger partial charge in [-0.15, -0.1) is 5.10 Å². The maximum atomic E-state index is 11.5. The van der Waals surface area contributed by atoms with Gasteiger partial charge in [0.25, 0.3) is 0 Å². The van der Waals surface area contributed by atoms with Crippen LogP contribution in [0.25, 0.3) is 0 Å². The van der Waals surface area contributed by atoms with Crippen molar-refractivity contribution in [2.75, 3.05) is 6.54 Å². The molecule has 1 atom stereocenters. The molecular weight excluding hydrogens is 270 g/mol. The fourth-order valence-electron chi connectivity index (χ4n) is 1.37. The van der Waals surface area contributed by atoms with Crippen LogP contribution in [0.2, 0.25) is 0 Å². The largest absolute Gasteiger partial charge is 0.481 e. The van der Waals surface area contributed by atoms with E-state index in [0.717, 1.165) is 0 Å². The molecule has 0 radical (unpaired) electrons. The highest BCUT2D eigenvalue weighted by Gasteiger charge is 2.20. The summed E-state index contributed by atoms with van der Waals surface area (Å²) in [5.74, 6) is -2.40. The molecular formula is C10H15N5O5. The number of nitrogens with one attached hydrogen (secondary N) is 2. The van der Waals surface area contributed by atoms with Crippen molar-refractivity contribution >= 4 is 18.0 Å². The van der Waals surface area contributed by atoms with Crippen molar-refractivity contribution < 1.29 is 24.6 Å². The number of hydrogen-bond acceptors (Lipinski definition) is 5. The molecule has 0 fully saturated rings. The maximum absolute atomic E-state index is 11.5. The zero-order valence-electron chi connectivity index (χ0n) is 10.5. The quantitative estimate of drug-likeness (QED) is 0.473. The van der Waals surface area contributed by atoms with Crippen molar-refractivity contribution in [1.82, 2.24) is 25.6 Å². The summed E-state index contributed by atoms with van der Waals surface area (Å²) in [6.07, 6.45) is 2.59. The smallest absolute Gasteiger partial charge is 0.326 e. The van der Waals surface area contributed by atoms with Crippen LogP contribution in [-0.2, 0) is 16.1 Å². The second-order valence-electron chi connectivity index (χ2n) is 3.89. The lowest BCUT2D eigenvalue weighted by Crippen LogP contribution is -2.46. The molecule has 0 aliphatic carbocycles. The molecule has 4 N–H and O–H groups in total. The zero-order valence-corrected chi connectivity index (χ0v) is 10.5. The maximum Gasteiger partial charge on any atom is 0.326 e. The molecule has 0 aromatic carbocycles. The molecule has 1 aromatic rings. The minimum absolute atomic E-state index is 0.179. The van der Waals surface area contributed by atoms with E-state index in [1.165, 1.54) is 10.9 Å². The SMILES string of the molecule is O=C(O)CCC(NC(=O)NCCn1ccnn1)C(=O)O. The van der Waals surface area contributed by atoms with Crippen LogP contribution < -0.4 is 10.6 Å². The molecule has 1 aromatic heterocycles. The number of carbonyl (C=O) groups excluding carboxylic acids is 1. The van der Waals surface area contributed by atoms with Crippen molar-refractivity contribution in [2.24, 2.45) is 0 Å². The summed E-state index contributed by atoms with van der Waals surface area (Å²) in [4.78, 5) is 32.7. The summed E-state index contributed by atoms with van der Waals surface area (Å²) in [6.45, 7) is 0.626. The summed E-state index contributed by atoms with van der Waals surface area (Å²) in [7, 11) is 0. The predicted octanol–water partition coefficient (Wildman–Crippen LogP) is -1.10. The Labute approximate surface area is 113 Å². The Morgan fingerprint density at radius 1 is 1.30 bits per heavy atom. The van der Waals surface area contributed by atoms with Crippen LogP contribution in [0.1, 0.15) is 12.8 Å². The highest BCUT2D eigenvalue weighted by atomic mass is 16.4. The van der Waals surface area contributed by atoms with Crippen LogP contribution in [-0.4, -0.2) is 55.8 Å². The van der Waals surface area contributed by atoms with Crippen molar-refractivity contribution in [3.63, 3.8) is 0 Å². The number of rotatable bonds is 8. The molecule has 1 heterocycles. The van der Waals surface area contributed by atoms with Gasteiger partial charge in [0.1, 0.15) is 6.04 Å². The number of urea groups is 1. The summed E-state index contributed by atoms with van der Waals surface area (Å²) in [5, 5.41) is 29.2. The van der Waals surface area contributed by atoms with Crippen LogP contribution >= 0.6 is 0 Å². The topological polar surface area (TPSA) is 146 Å². The monoisotopic (exact) mass is 285 g/mol. The average molecular weight is 285 g/mol. The highest BCUT2D eigenvalue weighted by Crippen LogP contribution is 1.97. The Bertz CT molecular complexity index is 461. The first-order chi connectivity index (χ1) is 9.49. The van der Waals surface area contributed by atoms with E-state index in [9.17, 15) is 14.4 Å². The van der Waals surface area contributed by atoms with Gasteiger partial charge in [-0.3, -0.25) is 9.48 Å². The van der Waals surface area contributed by atoms with E-state index in [4.69, 9.17) is 10.2 Å². The van der Waals surface area contributed by atoms with Crippen LogP contribution in [0.5, 0.6) is 0 Å². The van der Waals surface area contributed by atoms with E-state index >= 15 is 0 Å². The number of carboxylic acids is 2. The molecule has 1 rings (SSSR count). The Kier molecular flexibility index (Phi) is 5.94. The summed E-state index contributed by atoms with van der Waals surface area (Å²) >= 11 is 0. The molecule has 0 aliphatic rings. The fourth-order valence-corrected chi connectivity index (χ4v) is 1.37. The van der Waals surface area contributed by atoms with E-state index in [2.05, 4.69) is 20.9 Å². The molecule has 0 saturated heterocycles. The van der Waals surface area contributed by atoms with Crippen LogP contribution in [0.15, 0.2) is 12.4 Å². The van der Waals surface area contributed by atoms with Gasteiger partial charge in [0.15, 0.2) is 0 Å². The number of carbonyl (C=O) groups is 3. The van der Waals surface area contributed by atoms with Crippen molar-refractivity contribution in [3.8, 4) is 0 Å². The van der Waals surface area contributed by atoms with Gasteiger partial charge in [0.05, 0.1) is 12.7 Å². The number of aromatic nitrogens is 3.